The lowest BCUT2D eigenvalue weighted by molar-refractivity contribution is 0.0992. The predicted molar refractivity (Wildman–Crippen MR) is 82.5 cm³/mol. The second-order valence-corrected chi connectivity index (χ2v) is 5.66. The van der Waals surface area contributed by atoms with Crippen molar-refractivity contribution in [1.29, 1.82) is 0 Å². The van der Waals surface area contributed by atoms with Crippen LogP contribution < -0.4 is 5.73 Å². The van der Waals surface area contributed by atoms with Gasteiger partial charge in [0.1, 0.15) is 0 Å². The Bertz CT molecular complexity index is 594. The van der Waals surface area contributed by atoms with Gasteiger partial charge in [0.15, 0.2) is 5.78 Å². The standard InChI is InChI=1S/C16H16BrNO/c1-10-4-3-5-11(2)15(10)9-16(19)12-6-13(17)8-14(18)7-12/h3-8H,9,18H2,1-2H3. The van der Waals surface area contributed by atoms with Crippen LogP contribution in [-0.2, 0) is 6.42 Å². The molecule has 2 nitrogen and oxygen atoms in total. The molecule has 2 aromatic rings. The third-order valence-corrected chi connectivity index (χ3v) is 3.68. The molecule has 2 rings (SSSR count). The number of aryl methyl sites for hydroxylation is 2. The van der Waals surface area contributed by atoms with E-state index in [2.05, 4.69) is 15.9 Å². The summed E-state index contributed by atoms with van der Waals surface area (Å²) in [7, 11) is 0. The van der Waals surface area contributed by atoms with E-state index >= 15 is 0 Å². The highest BCUT2D eigenvalue weighted by Crippen LogP contribution is 2.21. The maximum absolute atomic E-state index is 12.3. The summed E-state index contributed by atoms with van der Waals surface area (Å²) >= 11 is 3.36. The zero-order valence-electron chi connectivity index (χ0n) is 11.0. The molecular formula is C16H16BrNO. The van der Waals surface area contributed by atoms with E-state index in [0.29, 0.717) is 17.7 Å². The van der Waals surface area contributed by atoms with Crippen LogP contribution in [0.1, 0.15) is 27.0 Å². The van der Waals surface area contributed by atoms with Gasteiger partial charge in [0, 0.05) is 22.1 Å². The highest BCUT2D eigenvalue weighted by Gasteiger charge is 2.11. The van der Waals surface area contributed by atoms with Gasteiger partial charge in [-0.1, -0.05) is 34.1 Å². The van der Waals surface area contributed by atoms with Crippen LogP contribution in [0.15, 0.2) is 40.9 Å². The van der Waals surface area contributed by atoms with Gasteiger partial charge in [0.05, 0.1) is 0 Å². The second-order valence-electron chi connectivity index (χ2n) is 4.74. The Hall–Kier alpha value is -1.61. The summed E-state index contributed by atoms with van der Waals surface area (Å²) in [6.45, 7) is 4.07. The summed E-state index contributed by atoms with van der Waals surface area (Å²) < 4.78 is 0.831. The van der Waals surface area contributed by atoms with E-state index in [1.807, 2.05) is 38.1 Å². The van der Waals surface area contributed by atoms with Crippen molar-refractivity contribution in [2.45, 2.75) is 20.3 Å². The minimum atomic E-state index is 0.0883. The monoisotopic (exact) mass is 317 g/mol. The molecule has 3 heteroatoms. The van der Waals surface area contributed by atoms with E-state index in [1.165, 1.54) is 0 Å². The molecule has 0 bridgehead atoms. The molecule has 0 fully saturated rings. The Morgan fingerprint density at radius 1 is 1.16 bits per heavy atom. The van der Waals surface area contributed by atoms with E-state index in [9.17, 15) is 4.79 Å². The van der Waals surface area contributed by atoms with Crippen LogP contribution in [0.25, 0.3) is 0 Å². The normalized spacial score (nSPS) is 10.5. The SMILES string of the molecule is Cc1cccc(C)c1CC(=O)c1cc(N)cc(Br)c1. The molecule has 0 heterocycles. The minimum absolute atomic E-state index is 0.0883. The third kappa shape index (κ3) is 3.24. The average Bonchev–Trinajstić information content (AvgIpc) is 2.32. The zero-order valence-corrected chi connectivity index (χ0v) is 12.6. The van der Waals surface area contributed by atoms with Gasteiger partial charge < -0.3 is 5.73 Å². The molecule has 0 spiro atoms. The highest BCUT2D eigenvalue weighted by atomic mass is 79.9. The van der Waals surface area contributed by atoms with Crippen LogP contribution in [0.2, 0.25) is 0 Å². The summed E-state index contributed by atoms with van der Waals surface area (Å²) in [5.74, 6) is 0.0883. The first-order valence-electron chi connectivity index (χ1n) is 6.11. The van der Waals surface area contributed by atoms with Gasteiger partial charge in [-0.3, -0.25) is 4.79 Å². The number of rotatable bonds is 3. The van der Waals surface area contributed by atoms with Crippen LogP contribution in [0, 0.1) is 13.8 Å². The molecule has 0 aromatic heterocycles. The van der Waals surface area contributed by atoms with E-state index in [4.69, 9.17) is 5.73 Å². The number of Topliss-reactive ketones (excluding diaryl/α,β-unsaturated/α-hetero) is 1. The number of carbonyl (C=O) groups is 1. The van der Waals surface area contributed by atoms with Crippen molar-refractivity contribution in [3.05, 3.63) is 63.1 Å². The summed E-state index contributed by atoms with van der Waals surface area (Å²) in [6.07, 6.45) is 0.411. The molecule has 0 unspecified atom stereocenters. The number of benzene rings is 2. The molecule has 0 saturated heterocycles. The van der Waals surface area contributed by atoms with Crippen molar-refractivity contribution in [2.24, 2.45) is 0 Å². The van der Waals surface area contributed by atoms with Gasteiger partial charge in [-0.2, -0.15) is 0 Å². The summed E-state index contributed by atoms with van der Waals surface area (Å²) in [5, 5.41) is 0. The number of nitrogen functional groups attached to an aromatic ring is 1. The van der Waals surface area contributed by atoms with Crippen molar-refractivity contribution in [2.75, 3.05) is 5.73 Å². The molecule has 0 atom stereocenters. The van der Waals surface area contributed by atoms with Gasteiger partial charge in [-0.25, -0.2) is 0 Å². The number of hydrogen-bond donors (Lipinski definition) is 1. The van der Waals surface area contributed by atoms with Crippen molar-refractivity contribution >= 4 is 27.4 Å². The smallest absolute Gasteiger partial charge is 0.167 e. The van der Waals surface area contributed by atoms with Crippen LogP contribution in [0.5, 0.6) is 0 Å². The lowest BCUT2D eigenvalue weighted by Gasteiger charge is -2.09. The lowest BCUT2D eigenvalue weighted by Crippen LogP contribution is -2.07. The second kappa shape index (κ2) is 5.57. The number of anilines is 1. The topological polar surface area (TPSA) is 43.1 Å². The van der Waals surface area contributed by atoms with E-state index in [-0.39, 0.29) is 5.78 Å². The van der Waals surface area contributed by atoms with Gasteiger partial charge in [0.2, 0.25) is 0 Å². The van der Waals surface area contributed by atoms with Crippen molar-refractivity contribution < 1.29 is 4.79 Å². The van der Waals surface area contributed by atoms with Crippen LogP contribution in [0.4, 0.5) is 5.69 Å². The Balaban J connectivity index is 2.31. The van der Waals surface area contributed by atoms with Crippen LogP contribution >= 0.6 is 15.9 Å². The predicted octanol–water partition coefficient (Wildman–Crippen LogP) is 4.07. The van der Waals surface area contributed by atoms with E-state index < -0.39 is 0 Å². The van der Waals surface area contributed by atoms with Gasteiger partial charge in [0.25, 0.3) is 0 Å². The molecule has 0 aliphatic rings. The number of ketones is 1. The van der Waals surface area contributed by atoms with Gasteiger partial charge in [-0.15, -0.1) is 0 Å². The first kappa shape index (κ1) is 13.8. The van der Waals surface area contributed by atoms with Gasteiger partial charge in [-0.05, 0) is 48.7 Å². The summed E-state index contributed by atoms with van der Waals surface area (Å²) in [4.78, 5) is 12.3. The van der Waals surface area contributed by atoms with Crippen molar-refractivity contribution in [3.63, 3.8) is 0 Å². The maximum atomic E-state index is 12.3. The quantitative estimate of drug-likeness (QED) is 0.685. The molecule has 0 saturated carbocycles. The Labute approximate surface area is 121 Å². The molecule has 0 amide bonds. The zero-order chi connectivity index (χ0) is 14.0. The lowest BCUT2D eigenvalue weighted by atomic mass is 9.95. The Kier molecular flexibility index (Phi) is 4.05. The fourth-order valence-electron chi connectivity index (χ4n) is 2.16. The third-order valence-electron chi connectivity index (χ3n) is 3.22. The maximum Gasteiger partial charge on any atom is 0.167 e. The molecular weight excluding hydrogens is 302 g/mol. The Morgan fingerprint density at radius 2 is 1.79 bits per heavy atom. The largest absolute Gasteiger partial charge is 0.399 e. The molecule has 19 heavy (non-hydrogen) atoms. The van der Waals surface area contributed by atoms with Crippen LogP contribution in [0.3, 0.4) is 0 Å². The molecule has 2 aromatic carbocycles. The average molecular weight is 318 g/mol. The molecule has 0 radical (unpaired) electrons. The molecule has 0 aliphatic heterocycles. The fourth-order valence-corrected chi connectivity index (χ4v) is 2.67. The van der Waals surface area contributed by atoms with E-state index in [0.717, 1.165) is 21.2 Å². The molecule has 2 N–H and O–H groups in total. The number of hydrogen-bond acceptors (Lipinski definition) is 2. The van der Waals surface area contributed by atoms with Gasteiger partial charge >= 0.3 is 0 Å². The number of carbonyl (C=O) groups excluding carboxylic acids is 1. The first-order chi connectivity index (χ1) is 8.97. The highest BCUT2D eigenvalue weighted by molar-refractivity contribution is 9.10. The summed E-state index contributed by atoms with van der Waals surface area (Å²) in [6, 6.07) is 11.4. The van der Waals surface area contributed by atoms with Crippen molar-refractivity contribution in [1.82, 2.24) is 0 Å². The summed E-state index contributed by atoms with van der Waals surface area (Å²) in [5.41, 5.74) is 10.4. The van der Waals surface area contributed by atoms with Crippen LogP contribution in [-0.4, -0.2) is 5.78 Å². The minimum Gasteiger partial charge on any atom is -0.399 e. The van der Waals surface area contributed by atoms with E-state index in [1.54, 1.807) is 12.1 Å². The number of nitrogens with two attached hydrogens (primary N) is 1. The fraction of sp³-hybridized carbons (Fsp3) is 0.188. The first-order valence-corrected chi connectivity index (χ1v) is 6.91. The molecule has 98 valence electrons. The molecule has 0 aliphatic carbocycles. The Morgan fingerprint density at radius 3 is 2.37 bits per heavy atom. The number of halogens is 1. The van der Waals surface area contributed by atoms with Crippen molar-refractivity contribution in [3.8, 4) is 0 Å².